The van der Waals surface area contributed by atoms with Crippen LogP contribution in [0.1, 0.15) is 16.7 Å². The molecule has 0 aromatic heterocycles. The fourth-order valence-corrected chi connectivity index (χ4v) is 3.59. The van der Waals surface area contributed by atoms with Gasteiger partial charge in [0.2, 0.25) is 0 Å². The molecule has 5 nitrogen and oxygen atoms in total. The maximum absolute atomic E-state index is 13.1. The normalized spacial score (nSPS) is 15.9. The van der Waals surface area contributed by atoms with Gasteiger partial charge in [0.15, 0.2) is 5.11 Å². The molecule has 2 amide bonds. The quantitative estimate of drug-likeness (QED) is 0.442. The molecule has 2 aromatic carbocycles. The highest BCUT2D eigenvalue weighted by atomic mass is 79.9. The predicted octanol–water partition coefficient (Wildman–Crippen LogP) is 3.91. The van der Waals surface area contributed by atoms with Crippen LogP contribution in [0.5, 0.6) is 5.75 Å². The maximum Gasteiger partial charge on any atom is 0.270 e. The monoisotopic (exact) mass is 444 g/mol. The second-order valence-corrected chi connectivity index (χ2v) is 7.41. The van der Waals surface area contributed by atoms with Crippen LogP contribution in [-0.4, -0.2) is 24.0 Å². The highest BCUT2D eigenvalue weighted by molar-refractivity contribution is 9.10. The first kappa shape index (κ1) is 19.3. The summed E-state index contributed by atoms with van der Waals surface area (Å²) >= 11 is 8.66. The molecule has 1 fully saturated rings. The topological polar surface area (TPSA) is 58.6 Å². The van der Waals surface area contributed by atoms with Crippen molar-refractivity contribution in [3.8, 4) is 5.75 Å². The fourth-order valence-electron chi connectivity index (χ4n) is 2.84. The standard InChI is InChI=1S/C20H17BrN2O3S/c1-11-9-15(26-3)6-4-13(11)10-16-18(24)22-20(27)23(19(16)25)17-7-5-14(21)8-12(17)2/h4-10H,1-3H3,(H,22,24,27)/b16-10+. The Labute approximate surface area is 171 Å². The number of methoxy groups -OCH3 is 1. The number of ether oxygens (including phenoxy) is 1. The number of thiocarbonyl (C=S) groups is 1. The van der Waals surface area contributed by atoms with E-state index in [4.69, 9.17) is 17.0 Å². The average molecular weight is 445 g/mol. The Balaban J connectivity index is 2.05. The van der Waals surface area contributed by atoms with Crippen LogP contribution in [0.4, 0.5) is 5.69 Å². The molecule has 1 heterocycles. The van der Waals surface area contributed by atoms with Crippen LogP contribution in [0, 0.1) is 13.8 Å². The lowest BCUT2D eigenvalue weighted by Crippen LogP contribution is -2.54. The first-order valence-electron chi connectivity index (χ1n) is 8.14. The summed E-state index contributed by atoms with van der Waals surface area (Å²) in [6, 6.07) is 10.9. The van der Waals surface area contributed by atoms with Crippen LogP contribution in [0.25, 0.3) is 6.08 Å². The van der Waals surface area contributed by atoms with Gasteiger partial charge in [-0.15, -0.1) is 0 Å². The Morgan fingerprint density at radius 3 is 2.48 bits per heavy atom. The second kappa shape index (κ2) is 7.62. The third-order valence-electron chi connectivity index (χ3n) is 4.28. The number of aryl methyl sites for hydroxylation is 2. The first-order chi connectivity index (χ1) is 12.8. The lowest BCUT2D eigenvalue weighted by molar-refractivity contribution is -0.122. The number of carbonyl (C=O) groups excluding carboxylic acids is 2. The van der Waals surface area contributed by atoms with E-state index in [1.54, 1.807) is 25.3 Å². The molecule has 0 atom stereocenters. The van der Waals surface area contributed by atoms with Gasteiger partial charge in [0.05, 0.1) is 12.8 Å². The minimum atomic E-state index is -0.508. The number of amides is 2. The smallest absolute Gasteiger partial charge is 0.270 e. The van der Waals surface area contributed by atoms with E-state index in [1.165, 1.54) is 4.90 Å². The molecule has 1 aliphatic heterocycles. The third-order valence-corrected chi connectivity index (χ3v) is 5.06. The van der Waals surface area contributed by atoms with Gasteiger partial charge in [-0.25, -0.2) is 0 Å². The van der Waals surface area contributed by atoms with Crippen molar-refractivity contribution in [1.82, 2.24) is 5.32 Å². The van der Waals surface area contributed by atoms with Crippen molar-refractivity contribution in [1.29, 1.82) is 0 Å². The minimum absolute atomic E-state index is 0.0270. The summed E-state index contributed by atoms with van der Waals surface area (Å²) in [6.45, 7) is 3.77. The minimum Gasteiger partial charge on any atom is -0.497 e. The number of halogens is 1. The van der Waals surface area contributed by atoms with Gasteiger partial charge in [-0.2, -0.15) is 0 Å². The predicted molar refractivity (Wildman–Crippen MR) is 113 cm³/mol. The summed E-state index contributed by atoms with van der Waals surface area (Å²) < 4.78 is 6.09. The highest BCUT2D eigenvalue weighted by Crippen LogP contribution is 2.28. The van der Waals surface area contributed by atoms with E-state index >= 15 is 0 Å². The summed E-state index contributed by atoms with van der Waals surface area (Å²) in [5, 5.41) is 2.67. The number of hydrogen-bond donors (Lipinski definition) is 1. The summed E-state index contributed by atoms with van der Waals surface area (Å²) in [6.07, 6.45) is 1.58. The lowest BCUT2D eigenvalue weighted by Gasteiger charge is -2.30. The van der Waals surface area contributed by atoms with Crippen molar-refractivity contribution in [3.63, 3.8) is 0 Å². The van der Waals surface area contributed by atoms with Crippen molar-refractivity contribution in [2.45, 2.75) is 13.8 Å². The van der Waals surface area contributed by atoms with E-state index in [-0.39, 0.29) is 10.7 Å². The van der Waals surface area contributed by atoms with Crippen molar-refractivity contribution < 1.29 is 14.3 Å². The van der Waals surface area contributed by atoms with Crippen LogP contribution in [0.3, 0.4) is 0 Å². The van der Waals surface area contributed by atoms with Crippen LogP contribution in [-0.2, 0) is 9.59 Å². The number of carbonyl (C=O) groups is 2. The number of anilines is 1. The maximum atomic E-state index is 13.1. The van der Waals surface area contributed by atoms with Crippen molar-refractivity contribution in [2.75, 3.05) is 12.0 Å². The Hall–Kier alpha value is -2.51. The number of rotatable bonds is 3. The summed E-state index contributed by atoms with van der Waals surface area (Å²) in [7, 11) is 1.59. The third kappa shape index (κ3) is 3.79. The molecular weight excluding hydrogens is 428 g/mol. The van der Waals surface area contributed by atoms with Crippen molar-refractivity contribution in [2.24, 2.45) is 0 Å². The number of hydrogen-bond acceptors (Lipinski definition) is 4. The Morgan fingerprint density at radius 1 is 1.11 bits per heavy atom. The molecule has 0 radical (unpaired) electrons. The molecular formula is C20H17BrN2O3S. The molecule has 1 saturated heterocycles. The molecule has 0 bridgehead atoms. The number of benzene rings is 2. The Kier molecular flexibility index (Phi) is 5.43. The molecule has 1 aliphatic rings. The SMILES string of the molecule is COc1ccc(/C=C2\C(=O)NC(=S)N(c3ccc(Br)cc3C)C2=O)c(C)c1. The van der Waals surface area contributed by atoms with Crippen LogP contribution < -0.4 is 15.0 Å². The van der Waals surface area contributed by atoms with E-state index in [0.717, 1.165) is 21.2 Å². The summed E-state index contributed by atoms with van der Waals surface area (Å²) in [5.41, 5.74) is 3.16. The van der Waals surface area contributed by atoms with E-state index in [2.05, 4.69) is 21.2 Å². The number of nitrogens with one attached hydrogen (secondary N) is 1. The van der Waals surface area contributed by atoms with Crippen molar-refractivity contribution in [3.05, 3.63) is 63.1 Å². The summed E-state index contributed by atoms with van der Waals surface area (Å²) in [5.74, 6) is -0.252. The van der Waals surface area contributed by atoms with E-state index < -0.39 is 11.8 Å². The number of nitrogens with zero attached hydrogens (tertiary/aromatic N) is 1. The van der Waals surface area contributed by atoms with Crippen molar-refractivity contribution >= 4 is 56.8 Å². The average Bonchev–Trinajstić information content (AvgIpc) is 2.61. The molecule has 138 valence electrons. The van der Waals surface area contributed by atoms with Crippen LogP contribution in [0.15, 0.2) is 46.4 Å². The first-order valence-corrected chi connectivity index (χ1v) is 9.34. The highest BCUT2D eigenvalue weighted by Gasteiger charge is 2.35. The Morgan fingerprint density at radius 2 is 1.85 bits per heavy atom. The molecule has 0 saturated carbocycles. The zero-order valence-electron chi connectivity index (χ0n) is 15.0. The van der Waals surface area contributed by atoms with Gasteiger partial charge in [0, 0.05) is 4.47 Å². The van der Waals surface area contributed by atoms with Gasteiger partial charge in [0.1, 0.15) is 11.3 Å². The van der Waals surface area contributed by atoms with Gasteiger partial charge in [-0.3, -0.25) is 19.8 Å². The Bertz CT molecular complexity index is 1000. The fraction of sp³-hybridized carbons (Fsp3) is 0.150. The molecule has 0 unspecified atom stereocenters. The molecule has 7 heteroatoms. The van der Waals surface area contributed by atoms with Gasteiger partial charge >= 0.3 is 0 Å². The molecule has 2 aromatic rings. The van der Waals surface area contributed by atoms with Gasteiger partial charge in [-0.1, -0.05) is 22.0 Å². The van der Waals surface area contributed by atoms with Gasteiger partial charge in [0.25, 0.3) is 11.8 Å². The van der Waals surface area contributed by atoms with Gasteiger partial charge in [-0.05, 0) is 79.2 Å². The van der Waals surface area contributed by atoms with E-state index in [1.807, 2.05) is 38.1 Å². The zero-order chi connectivity index (χ0) is 19.7. The summed E-state index contributed by atoms with van der Waals surface area (Å²) in [4.78, 5) is 26.9. The molecule has 1 N–H and O–H groups in total. The zero-order valence-corrected chi connectivity index (χ0v) is 17.4. The van der Waals surface area contributed by atoms with Crippen LogP contribution in [0.2, 0.25) is 0 Å². The largest absolute Gasteiger partial charge is 0.497 e. The second-order valence-electron chi connectivity index (χ2n) is 6.11. The lowest BCUT2D eigenvalue weighted by atomic mass is 10.0. The molecule has 0 aliphatic carbocycles. The van der Waals surface area contributed by atoms with Gasteiger partial charge < -0.3 is 4.74 Å². The molecule has 27 heavy (non-hydrogen) atoms. The van der Waals surface area contributed by atoms with Crippen LogP contribution >= 0.6 is 28.1 Å². The van der Waals surface area contributed by atoms with E-state index in [9.17, 15) is 9.59 Å². The van der Waals surface area contributed by atoms with E-state index in [0.29, 0.717) is 11.4 Å². The molecule has 3 rings (SSSR count). The molecule has 0 spiro atoms.